The maximum Gasteiger partial charge on any atom is 0.0672 e. The van der Waals surface area contributed by atoms with Crippen LogP contribution in [0.5, 0.6) is 0 Å². The summed E-state index contributed by atoms with van der Waals surface area (Å²) in [7, 11) is 0. The maximum atomic E-state index is 9.15. The minimum absolute atomic E-state index is 0.301. The molecule has 0 aliphatic carbocycles. The topological polar surface area (TPSA) is 87.0 Å². The van der Waals surface area contributed by atoms with Crippen molar-refractivity contribution in [3.63, 3.8) is 0 Å². The number of nitrogens with two attached hydrogens (primary N) is 1. The van der Waals surface area contributed by atoms with E-state index in [9.17, 15) is 0 Å². The Balaban J connectivity index is 2.13. The number of benzene rings is 1. The Kier molecular flexibility index (Phi) is 2.96. The number of hydrogen-bond acceptors (Lipinski definition) is 4. The van der Waals surface area contributed by atoms with E-state index in [-0.39, 0.29) is 6.10 Å². The van der Waals surface area contributed by atoms with Gasteiger partial charge in [0.25, 0.3) is 0 Å². The monoisotopic (exact) mass is 220 g/mol. The van der Waals surface area contributed by atoms with Gasteiger partial charge < -0.3 is 16.2 Å². The Morgan fingerprint density at radius 2 is 2.38 bits per heavy atom. The number of nitrogen functional groups attached to an aromatic ring is 1. The third kappa shape index (κ3) is 2.25. The molecule has 2 rings (SSSR count). The molecule has 1 aromatic carbocycles. The Morgan fingerprint density at radius 1 is 1.56 bits per heavy atom. The first kappa shape index (κ1) is 10.8. The Labute approximate surface area is 93.7 Å². The number of fused-ring (bicyclic) bond motifs is 1. The molecule has 0 radical (unpaired) electrons. The van der Waals surface area contributed by atoms with Gasteiger partial charge >= 0.3 is 0 Å². The average Bonchev–Trinajstić information content (AvgIpc) is 2.64. The number of nitrogens with zero attached hydrogens (tertiary/aromatic N) is 1. The Hall–Kier alpha value is -1.75. The van der Waals surface area contributed by atoms with Crippen molar-refractivity contribution in [2.45, 2.75) is 19.4 Å². The quantitative estimate of drug-likeness (QED) is 0.585. The molecule has 1 heterocycles. The molecule has 16 heavy (non-hydrogen) atoms. The van der Waals surface area contributed by atoms with Crippen LogP contribution in [0.15, 0.2) is 18.3 Å². The summed E-state index contributed by atoms with van der Waals surface area (Å²) in [4.78, 5) is 0. The lowest BCUT2D eigenvalue weighted by molar-refractivity contribution is 0.189. The molecule has 0 saturated carbocycles. The van der Waals surface area contributed by atoms with Gasteiger partial charge in [-0.3, -0.25) is 5.10 Å². The van der Waals surface area contributed by atoms with Crippen LogP contribution >= 0.6 is 0 Å². The molecule has 1 aromatic heterocycles. The summed E-state index contributed by atoms with van der Waals surface area (Å²) in [6.07, 6.45) is 2.13. The van der Waals surface area contributed by atoms with Crippen molar-refractivity contribution in [3.05, 3.63) is 18.3 Å². The van der Waals surface area contributed by atoms with E-state index in [1.54, 1.807) is 13.1 Å². The molecule has 0 spiro atoms. The Morgan fingerprint density at radius 3 is 3.12 bits per heavy atom. The van der Waals surface area contributed by atoms with Crippen LogP contribution < -0.4 is 11.1 Å². The van der Waals surface area contributed by atoms with Crippen LogP contribution in [0.2, 0.25) is 0 Å². The maximum absolute atomic E-state index is 9.15. The van der Waals surface area contributed by atoms with E-state index >= 15 is 0 Å². The summed E-state index contributed by atoms with van der Waals surface area (Å²) in [5.41, 5.74) is 8.42. The van der Waals surface area contributed by atoms with Gasteiger partial charge in [0, 0.05) is 11.9 Å². The molecule has 5 heteroatoms. The molecule has 86 valence electrons. The van der Waals surface area contributed by atoms with Crippen molar-refractivity contribution < 1.29 is 5.11 Å². The SMILES string of the molecule is CC(O)CCNc1cc2[nH]ncc2cc1N. The van der Waals surface area contributed by atoms with Crippen molar-refractivity contribution in [2.75, 3.05) is 17.6 Å². The van der Waals surface area contributed by atoms with Crippen LogP contribution in [0.3, 0.4) is 0 Å². The molecular formula is C11H16N4O. The van der Waals surface area contributed by atoms with E-state index in [4.69, 9.17) is 10.8 Å². The molecule has 0 bridgehead atoms. The molecular weight excluding hydrogens is 204 g/mol. The van der Waals surface area contributed by atoms with Crippen molar-refractivity contribution in [1.29, 1.82) is 0 Å². The summed E-state index contributed by atoms with van der Waals surface area (Å²) in [5.74, 6) is 0. The third-order valence-corrected chi connectivity index (χ3v) is 2.49. The van der Waals surface area contributed by atoms with Gasteiger partial charge in [-0.2, -0.15) is 5.10 Å². The van der Waals surface area contributed by atoms with E-state index in [0.29, 0.717) is 18.7 Å². The standard InChI is InChI=1S/C11H16N4O/c1-7(16)2-3-13-11-5-10-8(4-9(11)12)6-14-15-10/h4-7,13,16H,2-3,12H2,1H3,(H,14,15). The first-order chi connectivity index (χ1) is 7.66. The minimum Gasteiger partial charge on any atom is -0.397 e. The van der Waals surface area contributed by atoms with Crippen LogP contribution in [0.4, 0.5) is 11.4 Å². The van der Waals surface area contributed by atoms with Gasteiger partial charge in [0.1, 0.15) is 0 Å². The smallest absolute Gasteiger partial charge is 0.0672 e. The summed E-state index contributed by atoms with van der Waals surface area (Å²) < 4.78 is 0. The predicted octanol–water partition coefficient (Wildman–Crippen LogP) is 1.33. The fourth-order valence-corrected chi connectivity index (χ4v) is 1.58. The number of aliphatic hydroxyl groups excluding tert-OH is 1. The highest BCUT2D eigenvalue weighted by molar-refractivity contribution is 5.88. The second-order valence-electron chi connectivity index (χ2n) is 3.96. The lowest BCUT2D eigenvalue weighted by atomic mass is 10.2. The van der Waals surface area contributed by atoms with Crippen LogP contribution in [0.1, 0.15) is 13.3 Å². The number of hydrogen-bond donors (Lipinski definition) is 4. The normalized spacial score (nSPS) is 12.9. The number of nitrogens with one attached hydrogen (secondary N) is 2. The van der Waals surface area contributed by atoms with E-state index in [0.717, 1.165) is 16.6 Å². The number of aromatic nitrogens is 2. The van der Waals surface area contributed by atoms with Gasteiger partial charge in [-0.1, -0.05) is 0 Å². The molecule has 0 aliphatic heterocycles. The second-order valence-corrected chi connectivity index (χ2v) is 3.96. The zero-order valence-electron chi connectivity index (χ0n) is 9.20. The highest BCUT2D eigenvalue weighted by Crippen LogP contribution is 2.24. The number of anilines is 2. The highest BCUT2D eigenvalue weighted by atomic mass is 16.3. The van der Waals surface area contributed by atoms with Crippen LogP contribution in [0, 0.1) is 0 Å². The molecule has 0 amide bonds. The van der Waals surface area contributed by atoms with Crippen molar-refractivity contribution in [1.82, 2.24) is 10.2 Å². The molecule has 0 fully saturated rings. The minimum atomic E-state index is -0.301. The Bertz CT molecular complexity index is 478. The second kappa shape index (κ2) is 4.40. The number of aliphatic hydroxyl groups is 1. The van der Waals surface area contributed by atoms with Gasteiger partial charge in [0.2, 0.25) is 0 Å². The molecule has 1 unspecified atom stereocenters. The van der Waals surface area contributed by atoms with Crippen molar-refractivity contribution in [3.8, 4) is 0 Å². The van der Waals surface area contributed by atoms with Crippen LogP contribution in [-0.4, -0.2) is 28.0 Å². The number of aromatic amines is 1. The lowest BCUT2D eigenvalue weighted by Gasteiger charge is -2.10. The fraction of sp³-hybridized carbons (Fsp3) is 0.364. The van der Waals surface area contributed by atoms with E-state index in [1.807, 2.05) is 12.1 Å². The first-order valence-electron chi connectivity index (χ1n) is 5.31. The molecule has 0 saturated heterocycles. The molecule has 0 aliphatic rings. The predicted molar refractivity (Wildman–Crippen MR) is 65.3 cm³/mol. The third-order valence-electron chi connectivity index (χ3n) is 2.49. The molecule has 5 N–H and O–H groups in total. The van der Waals surface area contributed by atoms with Crippen molar-refractivity contribution in [2.24, 2.45) is 0 Å². The molecule has 2 aromatic rings. The van der Waals surface area contributed by atoms with Gasteiger partial charge in [-0.05, 0) is 25.5 Å². The van der Waals surface area contributed by atoms with Crippen molar-refractivity contribution >= 4 is 22.3 Å². The first-order valence-corrected chi connectivity index (χ1v) is 5.31. The molecule has 1 atom stereocenters. The van der Waals surface area contributed by atoms with Crippen LogP contribution in [-0.2, 0) is 0 Å². The summed E-state index contributed by atoms with van der Waals surface area (Å²) in [6, 6.07) is 3.81. The van der Waals surface area contributed by atoms with Crippen LogP contribution in [0.25, 0.3) is 10.9 Å². The fourth-order valence-electron chi connectivity index (χ4n) is 1.58. The number of H-pyrrole nitrogens is 1. The van der Waals surface area contributed by atoms with E-state index < -0.39 is 0 Å². The summed E-state index contributed by atoms with van der Waals surface area (Å²) in [5, 5.41) is 20.2. The zero-order chi connectivity index (χ0) is 11.5. The van der Waals surface area contributed by atoms with Gasteiger partial charge in [-0.25, -0.2) is 0 Å². The van der Waals surface area contributed by atoms with E-state index in [1.165, 1.54) is 0 Å². The average molecular weight is 220 g/mol. The van der Waals surface area contributed by atoms with Gasteiger partial charge in [0.15, 0.2) is 0 Å². The van der Waals surface area contributed by atoms with Gasteiger partial charge in [0.05, 0.1) is 29.2 Å². The largest absolute Gasteiger partial charge is 0.397 e. The zero-order valence-corrected chi connectivity index (χ0v) is 9.20. The molecule has 5 nitrogen and oxygen atoms in total. The summed E-state index contributed by atoms with van der Waals surface area (Å²) in [6.45, 7) is 2.46. The summed E-state index contributed by atoms with van der Waals surface area (Å²) >= 11 is 0. The lowest BCUT2D eigenvalue weighted by Crippen LogP contribution is -2.10. The van der Waals surface area contributed by atoms with E-state index in [2.05, 4.69) is 15.5 Å². The van der Waals surface area contributed by atoms with Gasteiger partial charge in [-0.15, -0.1) is 0 Å². The highest BCUT2D eigenvalue weighted by Gasteiger charge is 2.03. The number of rotatable bonds is 4.